The van der Waals surface area contributed by atoms with Gasteiger partial charge in [0, 0.05) is 16.7 Å². The summed E-state index contributed by atoms with van der Waals surface area (Å²) in [5, 5.41) is 8.99. The monoisotopic (exact) mass is 325 g/mol. The minimum Gasteiger partial charge on any atom is -0.487 e. The third-order valence-electron chi connectivity index (χ3n) is 2.33. The van der Waals surface area contributed by atoms with Crippen LogP contribution in [-0.4, -0.2) is 16.1 Å². The Morgan fingerprint density at radius 1 is 1.42 bits per heavy atom. The van der Waals surface area contributed by atoms with Crippen molar-refractivity contribution >= 4 is 21.9 Å². The van der Waals surface area contributed by atoms with E-state index < -0.39 is 11.8 Å². The lowest BCUT2D eigenvalue weighted by atomic mass is 10.2. The van der Waals surface area contributed by atoms with Gasteiger partial charge in [-0.15, -0.1) is 0 Å². The Hall–Kier alpha value is -1.95. The number of ether oxygens (including phenoxy) is 1. The summed E-state index contributed by atoms with van der Waals surface area (Å²) in [7, 11) is 0. The SMILES string of the molecule is O=C(O)c1cccnc1COc1cc(F)cc(Br)c1. The Labute approximate surface area is 117 Å². The van der Waals surface area contributed by atoms with Crippen LogP contribution in [0.15, 0.2) is 41.0 Å². The van der Waals surface area contributed by atoms with Crippen molar-refractivity contribution in [2.24, 2.45) is 0 Å². The molecular weight excluding hydrogens is 317 g/mol. The molecule has 0 aliphatic rings. The van der Waals surface area contributed by atoms with Crippen molar-refractivity contribution in [1.29, 1.82) is 0 Å². The van der Waals surface area contributed by atoms with Gasteiger partial charge in [-0.3, -0.25) is 4.98 Å². The van der Waals surface area contributed by atoms with Crippen LogP contribution in [0, 0.1) is 5.82 Å². The van der Waals surface area contributed by atoms with Crippen molar-refractivity contribution in [2.45, 2.75) is 6.61 Å². The van der Waals surface area contributed by atoms with Gasteiger partial charge in [-0.05, 0) is 24.3 Å². The van der Waals surface area contributed by atoms with Gasteiger partial charge in [0.2, 0.25) is 0 Å². The molecule has 1 heterocycles. The topological polar surface area (TPSA) is 59.4 Å². The molecule has 1 N–H and O–H groups in total. The number of benzene rings is 1. The first kappa shape index (κ1) is 13.5. The number of aromatic carboxylic acids is 1. The second-order valence-electron chi connectivity index (χ2n) is 3.70. The molecule has 0 amide bonds. The van der Waals surface area contributed by atoms with Crippen molar-refractivity contribution in [3.63, 3.8) is 0 Å². The molecule has 0 atom stereocenters. The molecule has 4 nitrogen and oxygen atoms in total. The minimum atomic E-state index is -1.08. The van der Waals surface area contributed by atoms with Crippen LogP contribution in [0.2, 0.25) is 0 Å². The normalized spacial score (nSPS) is 10.2. The van der Waals surface area contributed by atoms with E-state index in [9.17, 15) is 9.18 Å². The van der Waals surface area contributed by atoms with E-state index in [1.807, 2.05) is 0 Å². The summed E-state index contributed by atoms with van der Waals surface area (Å²) >= 11 is 3.15. The molecule has 0 saturated heterocycles. The van der Waals surface area contributed by atoms with E-state index in [4.69, 9.17) is 9.84 Å². The Balaban J connectivity index is 2.16. The molecule has 6 heteroatoms. The number of hydrogen-bond acceptors (Lipinski definition) is 3. The van der Waals surface area contributed by atoms with Gasteiger partial charge in [0.1, 0.15) is 18.2 Å². The summed E-state index contributed by atoms with van der Waals surface area (Å²) in [6.07, 6.45) is 1.48. The van der Waals surface area contributed by atoms with Crippen LogP contribution in [0.1, 0.15) is 16.1 Å². The zero-order chi connectivity index (χ0) is 13.8. The predicted octanol–water partition coefficient (Wildman–Crippen LogP) is 3.26. The second kappa shape index (κ2) is 5.79. The fraction of sp³-hybridized carbons (Fsp3) is 0.0769. The summed E-state index contributed by atoms with van der Waals surface area (Å²) in [5.74, 6) is -1.22. The summed E-state index contributed by atoms with van der Waals surface area (Å²) < 4.78 is 19.0. The largest absolute Gasteiger partial charge is 0.487 e. The number of carboxylic acid groups (broad SMARTS) is 1. The van der Waals surface area contributed by atoms with Crippen LogP contribution in [0.3, 0.4) is 0 Å². The summed E-state index contributed by atoms with van der Waals surface area (Å²) in [4.78, 5) is 14.9. The lowest BCUT2D eigenvalue weighted by molar-refractivity contribution is 0.0693. The maximum Gasteiger partial charge on any atom is 0.337 e. The third kappa shape index (κ3) is 3.51. The van der Waals surface area contributed by atoms with Crippen molar-refractivity contribution in [2.75, 3.05) is 0 Å². The summed E-state index contributed by atoms with van der Waals surface area (Å²) in [6, 6.07) is 7.08. The number of halogens is 2. The highest BCUT2D eigenvalue weighted by Gasteiger charge is 2.11. The van der Waals surface area contributed by atoms with E-state index in [0.717, 1.165) is 0 Å². The van der Waals surface area contributed by atoms with Gasteiger partial charge < -0.3 is 9.84 Å². The number of rotatable bonds is 4. The average Bonchev–Trinajstić information content (AvgIpc) is 2.35. The number of carboxylic acids is 1. The van der Waals surface area contributed by atoms with Gasteiger partial charge in [-0.2, -0.15) is 0 Å². The molecule has 0 unspecified atom stereocenters. The molecule has 2 aromatic rings. The van der Waals surface area contributed by atoms with E-state index in [0.29, 0.717) is 10.2 Å². The van der Waals surface area contributed by atoms with E-state index in [-0.39, 0.29) is 17.9 Å². The van der Waals surface area contributed by atoms with Gasteiger partial charge in [-0.1, -0.05) is 15.9 Å². The number of carbonyl (C=O) groups is 1. The molecule has 0 radical (unpaired) electrons. The predicted molar refractivity (Wildman–Crippen MR) is 69.6 cm³/mol. The number of hydrogen-bond donors (Lipinski definition) is 1. The molecule has 0 aliphatic heterocycles. The maximum absolute atomic E-state index is 13.1. The van der Waals surface area contributed by atoms with Gasteiger partial charge in [0.05, 0.1) is 11.3 Å². The molecule has 1 aromatic heterocycles. The number of nitrogens with zero attached hydrogens (tertiary/aromatic N) is 1. The molecule has 1 aromatic carbocycles. The standard InChI is InChI=1S/C13H9BrFNO3/c14-8-4-9(15)6-10(5-8)19-7-12-11(13(17)18)2-1-3-16-12/h1-6H,7H2,(H,17,18). The second-order valence-corrected chi connectivity index (χ2v) is 4.61. The highest BCUT2D eigenvalue weighted by Crippen LogP contribution is 2.21. The first-order valence-corrected chi connectivity index (χ1v) is 6.11. The van der Waals surface area contributed by atoms with Crippen LogP contribution in [0.4, 0.5) is 4.39 Å². The summed E-state index contributed by atoms with van der Waals surface area (Å²) in [5.41, 5.74) is 0.355. The molecular formula is C13H9BrFNO3. The zero-order valence-electron chi connectivity index (χ0n) is 9.64. The Kier molecular flexibility index (Phi) is 4.11. The molecule has 0 bridgehead atoms. The lowest BCUT2D eigenvalue weighted by Gasteiger charge is -2.08. The number of aromatic nitrogens is 1. The smallest absolute Gasteiger partial charge is 0.337 e. The lowest BCUT2D eigenvalue weighted by Crippen LogP contribution is -2.07. The first-order chi connectivity index (χ1) is 9.06. The van der Waals surface area contributed by atoms with Gasteiger partial charge in [0.25, 0.3) is 0 Å². The zero-order valence-corrected chi connectivity index (χ0v) is 11.2. The maximum atomic E-state index is 13.1. The van der Waals surface area contributed by atoms with Crippen molar-refractivity contribution < 1.29 is 19.0 Å². The Morgan fingerprint density at radius 3 is 2.89 bits per heavy atom. The Morgan fingerprint density at radius 2 is 2.21 bits per heavy atom. The van der Waals surface area contributed by atoms with Crippen LogP contribution in [0.25, 0.3) is 0 Å². The fourth-order valence-electron chi connectivity index (χ4n) is 1.51. The van der Waals surface area contributed by atoms with E-state index in [1.54, 1.807) is 6.07 Å². The molecule has 0 saturated carbocycles. The quantitative estimate of drug-likeness (QED) is 0.937. The van der Waals surface area contributed by atoms with Crippen LogP contribution >= 0.6 is 15.9 Å². The van der Waals surface area contributed by atoms with Crippen molar-refractivity contribution in [3.8, 4) is 5.75 Å². The molecule has 0 spiro atoms. The van der Waals surface area contributed by atoms with Gasteiger partial charge in [0.15, 0.2) is 0 Å². The first-order valence-electron chi connectivity index (χ1n) is 5.32. The third-order valence-corrected chi connectivity index (χ3v) is 2.79. The molecule has 98 valence electrons. The van der Waals surface area contributed by atoms with Crippen LogP contribution < -0.4 is 4.74 Å². The molecule has 0 fully saturated rings. The van der Waals surface area contributed by atoms with E-state index >= 15 is 0 Å². The van der Waals surface area contributed by atoms with Crippen molar-refractivity contribution in [1.82, 2.24) is 4.98 Å². The van der Waals surface area contributed by atoms with Crippen LogP contribution in [0.5, 0.6) is 5.75 Å². The van der Waals surface area contributed by atoms with Crippen LogP contribution in [-0.2, 0) is 6.61 Å². The highest BCUT2D eigenvalue weighted by molar-refractivity contribution is 9.10. The van der Waals surface area contributed by atoms with Gasteiger partial charge in [-0.25, -0.2) is 9.18 Å². The average molecular weight is 326 g/mol. The molecule has 0 aliphatic carbocycles. The molecule has 2 rings (SSSR count). The highest BCUT2D eigenvalue weighted by atomic mass is 79.9. The van der Waals surface area contributed by atoms with E-state index in [2.05, 4.69) is 20.9 Å². The minimum absolute atomic E-state index is 0.0433. The fourth-order valence-corrected chi connectivity index (χ4v) is 1.96. The summed E-state index contributed by atoms with van der Waals surface area (Å²) in [6.45, 7) is -0.0433. The van der Waals surface area contributed by atoms with Gasteiger partial charge >= 0.3 is 5.97 Å². The van der Waals surface area contributed by atoms with E-state index in [1.165, 1.54) is 30.5 Å². The molecule has 19 heavy (non-hydrogen) atoms. The van der Waals surface area contributed by atoms with Crippen molar-refractivity contribution in [3.05, 3.63) is 58.1 Å². The Bertz CT molecular complexity index is 598. The number of pyridine rings is 1.